The third kappa shape index (κ3) is 4.82. The molecule has 2 rings (SSSR count). The molecule has 0 radical (unpaired) electrons. The van der Waals surface area contributed by atoms with E-state index in [1.807, 2.05) is 0 Å². The van der Waals surface area contributed by atoms with Crippen LogP contribution < -0.4 is 4.74 Å². The van der Waals surface area contributed by atoms with Gasteiger partial charge in [0, 0.05) is 12.1 Å². The van der Waals surface area contributed by atoms with Crippen molar-refractivity contribution in [1.82, 2.24) is 0 Å². The Kier molecular flexibility index (Phi) is 5.89. The van der Waals surface area contributed by atoms with Crippen molar-refractivity contribution in [1.29, 1.82) is 0 Å². The number of hydrogen-bond acceptors (Lipinski definition) is 10. The number of benzene rings is 1. The summed E-state index contributed by atoms with van der Waals surface area (Å²) < 4.78 is 45.3. The van der Waals surface area contributed by atoms with Crippen LogP contribution in [0.15, 0.2) is 24.3 Å². The van der Waals surface area contributed by atoms with Crippen molar-refractivity contribution in [3.63, 3.8) is 0 Å². The number of rotatable bonds is 6. The van der Waals surface area contributed by atoms with Gasteiger partial charge in [-0.3, -0.25) is 14.7 Å². The molecule has 1 saturated heterocycles. The largest absolute Gasteiger partial charge is 0.462 e. The number of non-ortho nitro benzene ring substituents is 1. The number of aliphatic hydroxyl groups is 3. The van der Waals surface area contributed by atoms with E-state index >= 15 is 0 Å². The van der Waals surface area contributed by atoms with Crippen molar-refractivity contribution in [3.8, 4) is 5.75 Å². The molecule has 1 heterocycles. The molecule has 0 bridgehead atoms. The molecule has 0 saturated carbocycles. The average molecular weight is 381 g/mol. The first-order valence-electron chi connectivity index (χ1n) is 6.81. The van der Waals surface area contributed by atoms with E-state index in [4.69, 9.17) is 19.1 Å². The molecule has 0 amide bonds. The van der Waals surface area contributed by atoms with Gasteiger partial charge in [-0.1, -0.05) is 0 Å². The number of nitro groups is 1. The smallest absolute Gasteiger partial charge is 0.397 e. The van der Waals surface area contributed by atoms with E-state index < -0.39 is 52.6 Å². The Morgan fingerprint density at radius 1 is 1.20 bits per heavy atom. The maximum absolute atomic E-state index is 10.9. The zero-order valence-corrected chi connectivity index (χ0v) is 13.2. The lowest BCUT2D eigenvalue weighted by atomic mass is 9.99. The van der Waals surface area contributed by atoms with Gasteiger partial charge in [0.25, 0.3) is 5.69 Å². The molecule has 1 aliphatic rings. The first-order valence-corrected chi connectivity index (χ1v) is 8.18. The molecule has 140 valence electrons. The van der Waals surface area contributed by atoms with Crippen LogP contribution in [-0.4, -0.2) is 70.5 Å². The third-order valence-electron chi connectivity index (χ3n) is 3.36. The summed E-state index contributed by atoms with van der Waals surface area (Å²) in [6.45, 7) is -0.725. The highest BCUT2D eigenvalue weighted by Crippen LogP contribution is 2.28. The van der Waals surface area contributed by atoms with Crippen LogP contribution in [0, 0.1) is 10.1 Å². The average Bonchev–Trinajstić information content (AvgIpc) is 2.53. The molecular weight excluding hydrogens is 366 g/mol. The summed E-state index contributed by atoms with van der Waals surface area (Å²) in [6, 6.07) is 4.56. The monoisotopic (exact) mass is 381 g/mol. The van der Waals surface area contributed by atoms with Crippen LogP contribution in [0.5, 0.6) is 5.75 Å². The van der Waals surface area contributed by atoms with Crippen molar-refractivity contribution < 1.29 is 46.9 Å². The van der Waals surface area contributed by atoms with Gasteiger partial charge >= 0.3 is 10.4 Å². The summed E-state index contributed by atoms with van der Waals surface area (Å²) in [7, 11) is -5.03. The van der Waals surface area contributed by atoms with Crippen LogP contribution in [0.4, 0.5) is 5.69 Å². The fourth-order valence-electron chi connectivity index (χ4n) is 2.17. The first kappa shape index (κ1) is 19.5. The second-order valence-corrected chi connectivity index (χ2v) is 6.11. The highest BCUT2D eigenvalue weighted by molar-refractivity contribution is 7.80. The summed E-state index contributed by atoms with van der Waals surface area (Å²) in [4.78, 5) is 9.96. The van der Waals surface area contributed by atoms with Crippen molar-refractivity contribution in [2.24, 2.45) is 0 Å². The molecule has 13 heteroatoms. The van der Waals surface area contributed by atoms with E-state index in [1.165, 1.54) is 12.1 Å². The molecule has 4 N–H and O–H groups in total. The molecular formula is C12H15NO11S. The molecule has 0 unspecified atom stereocenters. The fourth-order valence-corrected chi connectivity index (χ4v) is 2.66. The molecule has 1 aromatic rings. The maximum atomic E-state index is 10.9. The van der Waals surface area contributed by atoms with E-state index in [9.17, 15) is 28.7 Å². The Morgan fingerprint density at radius 3 is 2.28 bits per heavy atom. The van der Waals surface area contributed by atoms with Gasteiger partial charge in [0.05, 0.1) is 11.5 Å². The van der Waals surface area contributed by atoms with Crippen molar-refractivity contribution in [2.45, 2.75) is 30.7 Å². The Labute approximate surface area is 141 Å². The van der Waals surface area contributed by atoms with Crippen molar-refractivity contribution in [3.05, 3.63) is 34.4 Å². The Bertz CT molecular complexity index is 706. The van der Waals surface area contributed by atoms with Crippen molar-refractivity contribution in [2.75, 3.05) is 6.61 Å². The van der Waals surface area contributed by atoms with Gasteiger partial charge in [0.2, 0.25) is 6.29 Å². The Balaban J connectivity index is 2.24. The highest BCUT2D eigenvalue weighted by atomic mass is 32.3. The zero-order valence-electron chi connectivity index (χ0n) is 12.4. The fraction of sp³-hybridized carbons (Fsp3) is 0.500. The third-order valence-corrected chi connectivity index (χ3v) is 3.82. The summed E-state index contributed by atoms with van der Waals surface area (Å²) in [5, 5.41) is 39.5. The lowest BCUT2D eigenvalue weighted by Crippen LogP contribution is -2.61. The lowest BCUT2D eigenvalue weighted by molar-refractivity contribution is -0.384. The summed E-state index contributed by atoms with van der Waals surface area (Å²) in [5.74, 6) is -0.0141. The van der Waals surface area contributed by atoms with Crippen LogP contribution in [0.2, 0.25) is 0 Å². The SMILES string of the molecule is O=[N+]([O-])c1ccc(O[C@H]2O[C@H](CO)[C@@H](O)[C@H](O)[C@H]2OS(=O)(=O)O)cc1. The van der Waals surface area contributed by atoms with E-state index in [1.54, 1.807) is 0 Å². The number of aliphatic hydroxyl groups excluding tert-OH is 3. The maximum Gasteiger partial charge on any atom is 0.397 e. The minimum absolute atomic E-state index is 0.0141. The van der Waals surface area contributed by atoms with Gasteiger partial charge in [-0.15, -0.1) is 0 Å². The molecule has 1 aliphatic heterocycles. The molecule has 5 atom stereocenters. The Hall–Kier alpha value is -1.87. The van der Waals surface area contributed by atoms with Crippen LogP contribution in [0.1, 0.15) is 0 Å². The van der Waals surface area contributed by atoms with E-state index in [-0.39, 0.29) is 11.4 Å². The van der Waals surface area contributed by atoms with E-state index in [2.05, 4.69) is 4.18 Å². The molecule has 12 nitrogen and oxygen atoms in total. The van der Waals surface area contributed by atoms with Crippen LogP contribution in [0.25, 0.3) is 0 Å². The normalized spacial score (nSPS) is 30.0. The van der Waals surface area contributed by atoms with Crippen LogP contribution >= 0.6 is 0 Å². The molecule has 1 aromatic carbocycles. The predicted octanol–water partition coefficient (Wildman–Crippen LogP) is -1.40. The second kappa shape index (κ2) is 7.57. The molecule has 0 aliphatic carbocycles. The van der Waals surface area contributed by atoms with Gasteiger partial charge in [-0.25, -0.2) is 4.18 Å². The van der Waals surface area contributed by atoms with Gasteiger partial charge in [0.1, 0.15) is 24.1 Å². The molecule has 1 fully saturated rings. The number of hydrogen-bond donors (Lipinski definition) is 4. The minimum atomic E-state index is -5.03. The first-order chi connectivity index (χ1) is 11.6. The highest BCUT2D eigenvalue weighted by Gasteiger charge is 2.48. The number of nitro benzene ring substituents is 1. The molecule has 0 spiro atoms. The summed E-state index contributed by atoms with van der Waals surface area (Å²) in [5.41, 5.74) is -0.230. The number of nitrogens with zero attached hydrogens (tertiary/aromatic N) is 1. The van der Waals surface area contributed by atoms with Gasteiger partial charge in [-0.2, -0.15) is 8.42 Å². The van der Waals surface area contributed by atoms with Crippen LogP contribution in [-0.2, 0) is 19.3 Å². The van der Waals surface area contributed by atoms with Crippen molar-refractivity contribution >= 4 is 16.1 Å². The quantitative estimate of drug-likeness (QED) is 0.258. The number of ether oxygens (including phenoxy) is 2. The minimum Gasteiger partial charge on any atom is -0.462 e. The molecule has 0 aromatic heterocycles. The van der Waals surface area contributed by atoms with E-state index in [0.717, 1.165) is 12.1 Å². The van der Waals surface area contributed by atoms with Gasteiger partial charge < -0.3 is 24.8 Å². The van der Waals surface area contributed by atoms with E-state index in [0.29, 0.717) is 0 Å². The van der Waals surface area contributed by atoms with Crippen LogP contribution in [0.3, 0.4) is 0 Å². The standard InChI is InChI=1S/C12H15NO11S/c14-5-8-9(15)10(16)11(24-25(19,20)21)12(23-8)22-7-3-1-6(2-4-7)13(17)18/h1-4,8-12,14-16H,5H2,(H,19,20,21)/t8-,9-,10+,11-,12+/m1/s1. The predicted molar refractivity (Wildman–Crippen MR) is 77.9 cm³/mol. The summed E-state index contributed by atoms with van der Waals surface area (Å²) >= 11 is 0. The topological polar surface area (TPSA) is 186 Å². The lowest BCUT2D eigenvalue weighted by Gasteiger charge is -2.40. The summed E-state index contributed by atoms with van der Waals surface area (Å²) in [6.07, 6.45) is -8.43. The van der Waals surface area contributed by atoms with Gasteiger partial charge in [0.15, 0.2) is 6.10 Å². The molecule has 25 heavy (non-hydrogen) atoms. The second-order valence-electron chi connectivity index (χ2n) is 5.06. The zero-order chi connectivity index (χ0) is 18.8. The van der Waals surface area contributed by atoms with Gasteiger partial charge in [-0.05, 0) is 12.1 Å². The Morgan fingerprint density at radius 2 is 1.80 bits per heavy atom.